The van der Waals surface area contributed by atoms with Crippen LogP contribution in [0.5, 0.6) is 0 Å². The van der Waals surface area contributed by atoms with Gasteiger partial charge in [0.15, 0.2) is 0 Å². The van der Waals surface area contributed by atoms with Gasteiger partial charge in [-0.15, -0.1) is 0 Å². The molecule has 0 fully saturated rings. The number of hydrogen-bond donors (Lipinski definition) is 1. The summed E-state index contributed by atoms with van der Waals surface area (Å²) in [6.45, 7) is 1.89. The van der Waals surface area contributed by atoms with Crippen molar-refractivity contribution < 1.29 is 0 Å². The molecule has 94 valence electrons. The van der Waals surface area contributed by atoms with Gasteiger partial charge in [-0.3, -0.25) is 0 Å². The number of benzene rings is 1. The van der Waals surface area contributed by atoms with Crippen LogP contribution in [0.2, 0.25) is 20.1 Å². The molecule has 0 atom stereocenters. The predicted octanol–water partition coefficient (Wildman–Crippen LogP) is 5.25. The van der Waals surface area contributed by atoms with Crippen LogP contribution in [0, 0.1) is 6.92 Å². The topological polar surface area (TPSA) is 38.9 Å². The van der Waals surface area contributed by atoms with E-state index in [0.717, 1.165) is 11.1 Å². The Morgan fingerprint density at radius 2 is 1.67 bits per heavy atom. The van der Waals surface area contributed by atoms with Crippen LogP contribution in [0.25, 0.3) is 11.1 Å². The van der Waals surface area contributed by atoms with Gasteiger partial charge in [0, 0.05) is 17.3 Å². The van der Waals surface area contributed by atoms with Gasteiger partial charge in [0.1, 0.15) is 5.82 Å². The van der Waals surface area contributed by atoms with Gasteiger partial charge in [0.25, 0.3) is 0 Å². The van der Waals surface area contributed by atoms with Gasteiger partial charge in [0.05, 0.1) is 20.1 Å². The van der Waals surface area contributed by atoms with Gasteiger partial charge in [-0.05, 0) is 24.6 Å². The first-order chi connectivity index (χ1) is 8.41. The Morgan fingerprint density at radius 1 is 1.00 bits per heavy atom. The lowest BCUT2D eigenvalue weighted by atomic mass is 10.0. The van der Waals surface area contributed by atoms with E-state index >= 15 is 0 Å². The first kappa shape index (κ1) is 13.8. The normalized spacial score (nSPS) is 10.7. The van der Waals surface area contributed by atoms with Crippen LogP contribution in [-0.4, -0.2) is 4.98 Å². The molecule has 0 aliphatic carbocycles. The van der Waals surface area contributed by atoms with E-state index in [4.69, 9.17) is 52.1 Å². The smallest absolute Gasteiger partial charge is 0.123 e. The molecule has 0 saturated carbocycles. The van der Waals surface area contributed by atoms with Gasteiger partial charge in [0.2, 0.25) is 0 Å². The standard InChI is InChI=1S/C12H8Cl4N2/c1-5-2-9(17)18-4-6(5)10-7(13)3-8(14)11(15)12(10)16/h2-4H,1H3,(H2,17,18). The number of pyridine rings is 1. The van der Waals surface area contributed by atoms with E-state index in [0.29, 0.717) is 26.4 Å². The Balaban J connectivity index is 2.75. The average Bonchev–Trinajstić information content (AvgIpc) is 2.29. The summed E-state index contributed by atoms with van der Waals surface area (Å²) < 4.78 is 0. The van der Waals surface area contributed by atoms with Gasteiger partial charge >= 0.3 is 0 Å². The lowest BCUT2D eigenvalue weighted by molar-refractivity contribution is 1.29. The molecule has 1 heterocycles. The maximum Gasteiger partial charge on any atom is 0.123 e. The number of aromatic nitrogens is 1. The molecular formula is C12H8Cl4N2. The highest BCUT2D eigenvalue weighted by Crippen LogP contribution is 2.43. The van der Waals surface area contributed by atoms with Crippen molar-refractivity contribution in [3.05, 3.63) is 44.0 Å². The lowest BCUT2D eigenvalue weighted by Crippen LogP contribution is -1.94. The SMILES string of the molecule is Cc1cc(N)ncc1-c1c(Cl)cc(Cl)c(Cl)c1Cl. The van der Waals surface area contributed by atoms with E-state index < -0.39 is 0 Å². The maximum absolute atomic E-state index is 6.19. The van der Waals surface area contributed by atoms with Crippen LogP contribution in [0.1, 0.15) is 5.56 Å². The minimum atomic E-state index is 0.272. The van der Waals surface area contributed by atoms with Crippen molar-refractivity contribution in [3.8, 4) is 11.1 Å². The zero-order chi connectivity index (χ0) is 13.4. The number of hydrogen-bond acceptors (Lipinski definition) is 2. The summed E-state index contributed by atoms with van der Waals surface area (Å²) in [6, 6.07) is 3.30. The summed E-state index contributed by atoms with van der Waals surface area (Å²) in [5.41, 5.74) is 7.90. The van der Waals surface area contributed by atoms with Crippen LogP contribution in [-0.2, 0) is 0 Å². The third-order valence-corrected chi connectivity index (χ3v) is 4.08. The number of nitrogens with two attached hydrogens (primary N) is 1. The van der Waals surface area contributed by atoms with E-state index in [1.54, 1.807) is 18.3 Å². The minimum absolute atomic E-state index is 0.272. The predicted molar refractivity (Wildman–Crippen MR) is 78.9 cm³/mol. The number of nitrogen functional groups attached to an aromatic ring is 1. The van der Waals surface area contributed by atoms with E-state index in [1.165, 1.54) is 0 Å². The molecule has 0 saturated heterocycles. The van der Waals surface area contributed by atoms with Crippen LogP contribution >= 0.6 is 46.4 Å². The van der Waals surface area contributed by atoms with Crippen molar-refractivity contribution in [3.63, 3.8) is 0 Å². The highest BCUT2D eigenvalue weighted by atomic mass is 35.5. The molecule has 2 nitrogen and oxygen atoms in total. The first-order valence-electron chi connectivity index (χ1n) is 4.97. The minimum Gasteiger partial charge on any atom is -0.384 e. The molecule has 6 heteroatoms. The highest BCUT2D eigenvalue weighted by molar-refractivity contribution is 6.51. The molecule has 2 aromatic rings. The molecule has 0 aliphatic rings. The molecule has 1 aromatic heterocycles. The van der Waals surface area contributed by atoms with Gasteiger partial charge < -0.3 is 5.73 Å². The van der Waals surface area contributed by atoms with E-state index in [9.17, 15) is 0 Å². The molecule has 2 rings (SSSR count). The number of nitrogens with zero attached hydrogens (tertiary/aromatic N) is 1. The molecule has 0 amide bonds. The van der Waals surface area contributed by atoms with E-state index in [2.05, 4.69) is 4.98 Å². The van der Waals surface area contributed by atoms with E-state index in [1.807, 2.05) is 6.92 Å². The summed E-state index contributed by atoms with van der Waals surface area (Å²) in [5.74, 6) is 0.434. The van der Waals surface area contributed by atoms with Crippen LogP contribution in [0.4, 0.5) is 5.82 Å². The third kappa shape index (κ3) is 2.39. The summed E-state index contributed by atoms with van der Waals surface area (Å²) >= 11 is 24.3. The summed E-state index contributed by atoms with van der Waals surface area (Å²) in [4.78, 5) is 4.04. The number of aryl methyl sites for hydroxylation is 1. The second kappa shape index (κ2) is 5.14. The largest absolute Gasteiger partial charge is 0.384 e. The maximum atomic E-state index is 6.19. The molecule has 0 aliphatic heterocycles. The average molecular weight is 322 g/mol. The summed E-state index contributed by atoms with van der Waals surface area (Å²) in [6.07, 6.45) is 1.61. The fourth-order valence-electron chi connectivity index (χ4n) is 1.65. The Kier molecular flexibility index (Phi) is 3.93. The summed E-state index contributed by atoms with van der Waals surface area (Å²) in [7, 11) is 0. The van der Waals surface area contributed by atoms with Gasteiger partial charge in [-0.2, -0.15) is 0 Å². The second-order valence-electron chi connectivity index (χ2n) is 3.77. The molecule has 0 radical (unpaired) electrons. The lowest BCUT2D eigenvalue weighted by Gasteiger charge is -2.12. The van der Waals surface area contributed by atoms with Crippen molar-refractivity contribution in [2.24, 2.45) is 0 Å². The Bertz CT molecular complexity index is 626. The fraction of sp³-hybridized carbons (Fsp3) is 0.0833. The quantitative estimate of drug-likeness (QED) is 0.575. The highest BCUT2D eigenvalue weighted by Gasteiger charge is 2.17. The Labute approximate surface area is 125 Å². The van der Waals surface area contributed by atoms with Crippen LogP contribution in [0.15, 0.2) is 18.3 Å². The van der Waals surface area contributed by atoms with Crippen molar-refractivity contribution in [1.82, 2.24) is 4.98 Å². The molecule has 0 spiro atoms. The first-order valence-corrected chi connectivity index (χ1v) is 6.48. The van der Waals surface area contributed by atoms with Crippen molar-refractivity contribution in [2.75, 3.05) is 5.73 Å². The summed E-state index contributed by atoms with van der Waals surface area (Å²) in [5, 5.41) is 1.32. The monoisotopic (exact) mass is 320 g/mol. The number of halogens is 4. The number of anilines is 1. The van der Waals surface area contributed by atoms with Gasteiger partial charge in [-0.25, -0.2) is 4.98 Å². The van der Waals surface area contributed by atoms with Crippen LogP contribution < -0.4 is 5.73 Å². The molecule has 18 heavy (non-hydrogen) atoms. The zero-order valence-electron chi connectivity index (χ0n) is 9.27. The molecular weight excluding hydrogens is 314 g/mol. The third-order valence-electron chi connectivity index (χ3n) is 2.52. The van der Waals surface area contributed by atoms with Crippen molar-refractivity contribution >= 4 is 52.2 Å². The van der Waals surface area contributed by atoms with E-state index in [-0.39, 0.29) is 5.02 Å². The van der Waals surface area contributed by atoms with Gasteiger partial charge in [-0.1, -0.05) is 46.4 Å². The molecule has 0 unspecified atom stereocenters. The molecule has 2 N–H and O–H groups in total. The Morgan fingerprint density at radius 3 is 2.28 bits per heavy atom. The molecule has 1 aromatic carbocycles. The molecule has 0 bridgehead atoms. The number of rotatable bonds is 1. The van der Waals surface area contributed by atoms with Crippen molar-refractivity contribution in [1.29, 1.82) is 0 Å². The second-order valence-corrected chi connectivity index (χ2v) is 5.34. The van der Waals surface area contributed by atoms with Crippen LogP contribution in [0.3, 0.4) is 0 Å². The Hall–Kier alpha value is -0.670. The van der Waals surface area contributed by atoms with Crippen molar-refractivity contribution in [2.45, 2.75) is 6.92 Å². The fourth-order valence-corrected chi connectivity index (χ4v) is 2.77. The zero-order valence-corrected chi connectivity index (χ0v) is 12.3.